The maximum absolute atomic E-state index is 12.9. The highest BCUT2D eigenvalue weighted by Gasteiger charge is 2.42. The summed E-state index contributed by atoms with van der Waals surface area (Å²) in [5, 5.41) is 0. The number of carbonyl (C=O) groups is 4. The Labute approximate surface area is 176 Å². The van der Waals surface area contributed by atoms with Gasteiger partial charge in [-0.05, 0) is 24.8 Å². The Morgan fingerprint density at radius 3 is 2.23 bits per heavy atom. The average Bonchev–Trinajstić information content (AvgIpc) is 2.86. The van der Waals surface area contributed by atoms with E-state index in [0.717, 1.165) is 25.7 Å². The Morgan fingerprint density at radius 1 is 0.967 bits per heavy atom. The number of esters is 4. The topological polar surface area (TPSA) is 108 Å². The summed E-state index contributed by atoms with van der Waals surface area (Å²) in [5.74, 6) is -3.17. The standard InChI is InChI=1S/C21H29NO8/c1-13(23)30-19-15-10-8-6-5-7-9-14(11-22(19)12-16(24)27-2)17(20(25)28-3)18(15)21(26)29-4/h11,15,19H,5-10,12H2,1-4H3. The Morgan fingerprint density at radius 2 is 1.63 bits per heavy atom. The zero-order valence-corrected chi connectivity index (χ0v) is 17.9. The van der Waals surface area contributed by atoms with Gasteiger partial charge in [0.25, 0.3) is 0 Å². The molecule has 0 aromatic carbocycles. The number of hydrogen-bond donors (Lipinski definition) is 0. The molecule has 0 spiro atoms. The van der Waals surface area contributed by atoms with Crippen molar-refractivity contribution in [3.05, 3.63) is 22.9 Å². The Hall–Kier alpha value is -2.84. The summed E-state index contributed by atoms with van der Waals surface area (Å²) >= 11 is 0. The summed E-state index contributed by atoms with van der Waals surface area (Å²) in [7, 11) is 3.73. The first kappa shape index (κ1) is 23.4. The highest BCUT2D eigenvalue weighted by molar-refractivity contribution is 6.04. The van der Waals surface area contributed by atoms with Crippen LogP contribution in [-0.2, 0) is 38.1 Å². The number of fused-ring (bicyclic) bond motifs is 2. The fraction of sp³-hybridized carbons (Fsp3) is 0.619. The first-order valence-electron chi connectivity index (χ1n) is 9.95. The molecule has 9 heteroatoms. The van der Waals surface area contributed by atoms with E-state index in [-0.39, 0.29) is 17.7 Å². The normalized spacial score (nSPS) is 21.9. The predicted octanol–water partition coefficient (Wildman–Crippen LogP) is 1.86. The van der Waals surface area contributed by atoms with E-state index in [1.807, 2.05) is 0 Å². The highest BCUT2D eigenvalue weighted by Crippen LogP contribution is 2.38. The first-order chi connectivity index (χ1) is 14.3. The third-order valence-corrected chi connectivity index (χ3v) is 5.29. The van der Waals surface area contributed by atoms with Crippen molar-refractivity contribution in [1.29, 1.82) is 0 Å². The molecule has 166 valence electrons. The van der Waals surface area contributed by atoms with Crippen LogP contribution in [0.15, 0.2) is 22.9 Å². The summed E-state index contributed by atoms with van der Waals surface area (Å²) in [4.78, 5) is 51.1. The van der Waals surface area contributed by atoms with Gasteiger partial charge in [0.2, 0.25) is 0 Å². The van der Waals surface area contributed by atoms with Gasteiger partial charge in [-0.15, -0.1) is 0 Å². The van der Waals surface area contributed by atoms with E-state index in [1.165, 1.54) is 33.2 Å². The van der Waals surface area contributed by atoms with Crippen LogP contribution < -0.4 is 0 Å². The van der Waals surface area contributed by atoms with Gasteiger partial charge >= 0.3 is 23.9 Å². The van der Waals surface area contributed by atoms with Gasteiger partial charge in [-0.3, -0.25) is 9.59 Å². The molecular weight excluding hydrogens is 394 g/mol. The molecule has 2 aliphatic rings. The maximum atomic E-state index is 12.9. The lowest BCUT2D eigenvalue weighted by molar-refractivity contribution is -0.163. The second-order valence-electron chi connectivity index (χ2n) is 7.23. The van der Waals surface area contributed by atoms with E-state index in [0.29, 0.717) is 18.4 Å². The molecule has 0 N–H and O–H groups in total. The molecule has 0 saturated carbocycles. The van der Waals surface area contributed by atoms with Crippen LogP contribution in [0.25, 0.3) is 0 Å². The number of methoxy groups -OCH3 is 3. The van der Waals surface area contributed by atoms with Gasteiger partial charge in [0, 0.05) is 19.0 Å². The van der Waals surface area contributed by atoms with E-state index in [4.69, 9.17) is 18.9 Å². The molecule has 1 aliphatic carbocycles. The molecule has 30 heavy (non-hydrogen) atoms. The zero-order chi connectivity index (χ0) is 22.3. The summed E-state index contributed by atoms with van der Waals surface area (Å²) in [6.45, 7) is 1.04. The Balaban J connectivity index is 2.77. The maximum Gasteiger partial charge on any atom is 0.338 e. The van der Waals surface area contributed by atoms with E-state index < -0.39 is 36.0 Å². The third-order valence-electron chi connectivity index (χ3n) is 5.29. The van der Waals surface area contributed by atoms with Crippen LogP contribution in [0, 0.1) is 5.92 Å². The summed E-state index contributed by atoms with van der Waals surface area (Å²) in [6, 6.07) is 0. The number of carbonyl (C=O) groups excluding carboxylic acids is 4. The van der Waals surface area contributed by atoms with Crippen LogP contribution in [-0.4, -0.2) is 62.9 Å². The first-order valence-corrected chi connectivity index (χ1v) is 9.95. The SMILES string of the molecule is COC(=O)CN1C=C2CCCCCCC(C(C(=O)OC)=C2C(=O)OC)C1OC(C)=O. The van der Waals surface area contributed by atoms with Crippen LogP contribution in [0.4, 0.5) is 0 Å². The molecule has 0 amide bonds. The minimum atomic E-state index is -0.981. The van der Waals surface area contributed by atoms with Crippen molar-refractivity contribution in [2.45, 2.75) is 51.7 Å². The third kappa shape index (κ3) is 5.40. The number of nitrogens with zero attached hydrogens (tertiary/aromatic N) is 1. The van der Waals surface area contributed by atoms with Gasteiger partial charge in [0.1, 0.15) is 6.54 Å². The molecule has 2 atom stereocenters. The van der Waals surface area contributed by atoms with Crippen molar-refractivity contribution in [2.24, 2.45) is 5.92 Å². The number of rotatable bonds is 5. The summed E-state index contributed by atoms with van der Waals surface area (Å²) < 4.78 is 20.4. The molecule has 2 bridgehead atoms. The van der Waals surface area contributed by atoms with Gasteiger partial charge in [-0.2, -0.15) is 0 Å². The van der Waals surface area contributed by atoms with Crippen molar-refractivity contribution in [2.75, 3.05) is 27.9 Å². The van der Waals surface area contributed by atoms with E-state index in [2.05, 4.69) is 0 Å². The fourth-order valence-corrected chi connectivity index (χ4v) is 3.96. The van der Waals surface area contributed by atoms with E-state index >= 15 is 0 Å². The molecule has 2 rings (SSSR count). The molecular formula is C21H29NO8. The minimum Gasteiger partial charge on any atom is -0.468 e. The van der Waals surface area contributed by atoms with Crippen molar-refractivity contribution in [3.8, 4) is 0 Å². The van der Waals surface area contributed by atoms with Crippen LogP contribution in [0.2, 0.25) is 0 Å². The Kier molecular flexibility index (Phi) is 8.44. The quantitative estimate of drug-likeness (QED) is 0.483. The highest BCUT2D eigenvalue weighted by atomic mass is 16.6. The fourth-order valence-electron chi connectivity index (χ4n) is 3.96. The van der Waals surface area contributed by atoms with Crippen molar-refractivity contribution >= 4 is 23.9 Å². The predicted molar refractivity (Wildman–Crippen MR) is 105 cm³/mol. The second kappa shape index (κ2) is 10.8. The lowest BCUT2D eigenvalue weighted by atomic mass is 9.84. The number of ether oxygens (including phenoxy) is 4. The van der Waals surface area contributed by atoms with Gasteiger partial charge in [0.05, 0.1) is 32.5 Å². The van der Waals surface area contributed by atoms with Gasteiger partial charge in [-0.25, -0.2) is 9.59 Å². The smallest absolute Gasteiger partial charge is 0.338 e. The average molecular weight is 423 g/mol. The lowest BCUT2D eigenvalue weighted by Crippen LogP contribution is -2.44. The zero-order valence-electron chi connectivity index (χ0n) is 17.9. The summed E-state index contributed by atoms with van der Waals surface area (Å²) in [5.41, 5.74) is 0.754. The molecule has 9 nitrogen and oxygen atoms in total. The van der Waals surface area contributed by atoms with E-state index in [9.17, 15) is 19.2 Å². The van der Waals surface area contributed by atoms with Crippen molar-refractivity contribution in [3.63, 3.8) is 0 Å². The van der Waals surface area contributed by atoms with Gasteiger partial charge < -0.3 is 23.8 Å². The Bertz CT molecular complexity index is 754. The largest absolute Gasteiger partial charge is 0.468 e. The molecule has 2 unspecified atom stereocenters. The van der Waals surface area contributed by atoms with Gasteiger partial charge in [0.15, 0.2) is 6.23 Å². The van der Waals surface area contributed by atoms with E-state index in [1.54, 1.807) is 6.20 Å². The molecule has 0 fully saturated rings. The molecule has 0 aromatic rings. The van der Waals surface area contributed by atoms with Crippen LogP contribution in [0.3, 0.4) is 0 Å². The molecule has 1 heterocycles. The second-order valence-corrected chi connectivity index (χ2v) is 7.23. The molecule has 0 radical (unpaired) electrons. The lowest BCUT2D eigenvalue weighted by Gasteiger charge is -2.34. The molecule has 0 aromatic heterocycles. The van der Waals surface area contributed by atoms with Crippen molar-refractivity contribution in [1.82, 2.24) is 4.90 Å². The van der Waals surface area contributed by atoms with Gasteiger partial charge in [-0.1, -0.05) is 19.3 Å². The molecule has 0 saturated heterocycles. The molecule has 1 aliphatic heterocycles. The number of hydrogen-bond acceptors (Lipinski definition) is 9. The van der Waals surface area contributed by atoms with Crippen LogP contribution in [0.5, 0.6) is 0 Å². The monoisotopic (exact) mass is 423 g/mol. The van der Waals surface area contributed by atoms with Crippen molar-refractivity contribution < 1.29 is 38.1 Å². The summed E-state index contributed by atoms with van der Waals surface area (Å²) in [6.07, 6.45) is 4.98. The van der Waals surface area contributed by atoms with Crippen LogP contribution >= 0.6 is 0 Å². The van der Waals surface area contributed by atoms with Crippen LogP contribution in [0.1, 0.15) is 45.4 Å². The minimum absolute atomic E-state index is 0.108.